The van der Waals surface area contributed by atoms with Gasteiger partial charge in [-0.25, -0.2) is 9.78 Å². The van der Waals surface area contributed by atoms with Gasteiger partial charge in [-0.05, 0) is 48.6 Å². The second kappa shape index (κ2) is 13.4. The van der Waals surface area contributed by atoms with Crippen LogP contribution in [-0.4, -0.2) is 76.5 Å². The maximum atomic E-state index is 13.2. The molecule has 0 spiro atoms. The van der Waals surface area contributed by atoms with Gasteiger partial charge in [0, 0.05) is 31.4 Å². The molecule has 1 fully saturated rings. The van der Waals surface area contributed by atoms with Crippen LogP contribution in [0.5, 0.6) is 5.75 Å². The molecule has 0 bridgehead atoms. The summed E-state index contributed by atoms with van der Waals surface area (Å²) in [6.45, 7) is 4.90. The molecule has 0 radical (unpaired) electrons. The molecule has 2 aromatic rings. The number of ether oxygens (including phenoxy) is 1. The Morgan fingerprint density at radius 2 is 1.89 bits per heavy atom. The highest BCUT2D eigenvalue weighted by Gasteiger charge is 2.34. The van der Waals surface area contributed by atoms with Crippen LogP contribution in [0, 0.1) is 5.92 Å². The van der Waals surface area contributed by atoms with Crippen molar-refractivity contribution in [2.75, 3.05) is 37.4 Å². The maximum absolute atomic E-state index is 13.2. The van der Waals surface area contributed by atoms with Crippen molar-refractivity contribution in [3.63, 3.8) is 0 Å². The first-order valence-electron chi connectivity index (χ1n) is 12.6. The van der Waals surface area contributed by atoms with Crippen LogP contribution in [0.2, 0.25) is 0 Å². The van der Waals surface area contributed by atoms with E-state index in [2.05, 4.69) is 29.5 Å². The summed E-state index contributed by atoms with van der Waals surface area (Å²) in [5, 5.41) is 14.2. The number of pyridine rings is 1. The van der Waals surface area contributed by atoms with E-state index in [0.29, 0.717) is 42.7 Å². The summed E-state index contributed by atoms with van der Waals surface area (Å²) >= 11 is 0. The number of hydrogen-bond acceptors (Lipinski definition) is 6. The van der Waals surface area contributed by atoms with Gasteiger partial charge in [-0.2, -0.15) is 0 Å². The molecule has 1 atom stereocenters. The number of methoxy groups -OCH3 is 1. The highest BCUT2D eigenvalue weighted by atomic mass is 16.5. The lowest BCUT2D eigenvalue weighted by Gasteiger charge is -2.42. The summed E-state index contributed by atoms with van der Waals surface area (Å²) in [6.07, 6.45) is 2.80. The van der Waals surface area contributed by atoms with Crippen LogP contribution in [0.15, 0.2) is 42.6 Å². The number of nitrogens with one attached hydrogen (secondary N) is 2. The van der Waals surface area contributed by atoms with Crippen molar-refractivity contribution in [2.24, 2.45) is 5.92 Å². The number of amides is 4. The monoisotopic (exact) mass is 525 g/mol. The molecule has 3 rings (SSSR count). The summed E-state index contributed by atoms with van der Waals surface area (Å²) in [5.41, 5.74) is 1.29. The van der Waals surface area contributed by atoms with Gasteiger partial charge >= 0.3 is 12.0 Å². The van der Waals surface area contributed by atoms with Crippen LogP contribution >= 0.6 is 0 Å². The normalized spacial score (nSPS) is 15.4. The number of benzene rings is 1. The molecule has 0 aliphatic carbocycles. The zero-order chi connectivity index (χ0) is 27.7. The summed E-state index contributed by atoms with van der Waals surface area (Å²) in [7, 11) is 1.49. The fourth-order valence-electron chi connectivity index (χ4n) is 4.41. The molecule has 0 saturated carbocycles. The Labute approximate surface area is 222 Å². The van der Waals surface area contributed by atoms with Crippen molar-refractivity contribution in [3.8, 4) is 5.75 Å². The second-order valence-electron chi connectivity index (χ2n) is 9.65. The average Bonchev–Trinajstić information content (AvgIpc) is 2.86. The van der Waals surface area contributed by atoms with Crippen LogP contribution in [0.3, 0.4) is 0 Å². The Kier molecular flexibility index (Phi) is 10.0. The van der Waals surface area contributed by atoms with E-state index in [0.717, 1.165) is 12.0 Å². The third kappa shape index (κ3) is 8.19. The number of urea groups is 1. The van der Waals surface area contributed by atoms with Crippen molar-refractivity contribution in [3.05, 3.63) is 48.2 Å². The molecular formula is C27H35N5O6. The molecule has 1 aliphatic rings. The number of rotatable bonds is 11. The topological polar surface area (TPSA) is 141 Å². The maximum Gasteiger partial charge on any atom is 0.324 e. The first-order chi connectivity index (χ1) is 18.2. The fourth-order valence-corrected chi connectivity index (χ4v) is 4.41. The number of aliphatic carboxylic acids is 1. The van der Waals surface area contributed by atoms with Crippen LogP contribution in [0.4, 0.5) is 16.3 Å². The van der Waals surface area contributed by atoms with E-state index in [9.17, 15) is 19.2 Å². The number of carboxylic acid groups (broad SMARTS) is 1. The standard InChI is InChI=1S/C27H35N5O6/c1-18(2)14-21-16-31(13-5-7-25(35)36)24(34)17-32(21)23(33)15-19-8-10-20(11-9-19)29-27(37)30-26-22(38-3)6-4-12-28-26/h4,6,8-12,18,21H,5,7,13-17H2,1-3H3,(H,35,36)(H2,28,29,30,37). The van der Waals surface area contributed by atoms with Gasteiger partial charge in [-0.3, -0.25) is 19.7 Å². The second-order valence-corrected chi connectivity index (χ2v) is 9.65. The molecule has 1 saturated heterocycles. The molecule has 204 valence electrons. The summed E-state index contributed by atoms with van der Waals surface area (Å²) < 4.78 is 5.18. The molecule has 11 heteroatoms. The van der Waals surface area contributed by atoms with Gasteiger partial charge in [-0.15, -0.1) is 0 Å². The quantitative estimate of drug-likeness (QED) is 0.409. The fraction of sp³-hybridized carbons (Fsp3) is 0.444. The van der Waals surface area contributed by atoms with E-state index in [1.54, 1.807) is 52.4 Å². The smallest absolute Gasteiger partial charge is 0.324 e. The number of carbonyl (C=O) groups excluding carboxylic acids is 3. The van der Waals surface area contributed by atoms with Crippen LogP contribution in [-0.2, 0) is 20.8 Å². The van der Waals surface area contributed by atoms with Crippen LogP contribution < -0.4 is 15.4 Å². The molecule has 1 aliphatic heterocycles. The largest absolute Gasteiger partial charge is 0.493 e. The Morgan fingerprint density at radius 3 is 2.55 bits per heavy atom. The molecule has 3 N–H and O–H groups in total. The lowest BCUT2D eigenvalue weighted by Crippen LogP contribution is -2.58. The molecule has 1 aromatic heterocycles. The average molecular weight is 526 g/mol. The predicted molar refractivity (Wildman–Crippen MR) is 142 cm³/mol. The Hall–Kier alpha value is -4.15. The molecule has 38 heavy (non-hydrogen) atoms. The van der Waals surface area contributed by atoms with E-state index in [1.807, 2.05) is 0 Å². The van der Waals surface area contributed by atoms with Crippen molar-refractivity contribution >= 4 is 35.3 Å². The van der Waals surface area contributed by atoms with Crippen LogP contribution in [0.25, 0.3) is 0 Å². The third-order valence-corrected chi connectivity index (χ3v) is 6.20. The predicted octanol–water partition coefficient (Wildman–Crippen LogP) is 3.23. The number of carbonyl (C=O) groups is 4. The molecule has 11 nitrogen and oxygen atoms in total. The van der Waals surface area contributed by atoms with Crippen molar-refractivity contribution in [1.29, 1.82) is 0 Å². The van der Waals surface area contributed by atoms with E-state index < -0.39 is 12.0 Å². The minimum atomic E-state index is -0.889. The third-order valence-electron chi connectivity index (χ3n) is 6.20. The van der Waals surface area contributed by atoms with Gasteiger partial charge in [0.15, 0.2) is 11.6 Å². The lowest BCUT2D eigenvalue weighted by atomic mass is 9.98. The zero-order valence-electron chi connectivity index (χ0n) is 22.0. The van der Waals surface area contributed by atoms with E-state index in [4.69, 9.17) is 9.84 Å². The minimum absolute atomic E-state index is 0.00508. The minimum Gasteiger partial charge on any atom is -0.493 e. The molecule has 2 heterocycles. The summed E-state index contributed by atoms with van der Waals surface area (Å²) in [4.78, 5) is 56.5. The van der Waals surface area contributed by atoms with Gasteiger partial charge in [0.1, 0.15) is 6.54 Å². The van der Waals surface area contributed by atoms with Gasteiger partial charge in [-0.1, -0.05) is 26.0 Å². The zero-order valence-corrected chi connectivity index (χ0v) is 22.0. The molecule has 4 amide bonds. The van der Waals surface area contributed by atoms with Crippen LogP contribution in [0.1, 0.15) is 38.7 Å². The van der Waals surface area contributed by atoms with Gasteiger partial charge in [0.25, 0.3) is 0 Å². The number of hydrogen-bond donors (Lipinski definition) is 3. The number of piperazine rings is 1. The molecule has 1 unspecified atom stereocenters. The lowest BCUT2D eigenvalue weighted by molar-refractivity contribution is -0.149. The van der Waals surface area contributed by atoms with Crippen molar-refractivity contribution in [2.45, 2.75) is 45.6 Å². The summed E-state index contributed by atoms with van der Waals surface area (Å²) in [6, 6.07) is 9.70. The van der Waals surface area contributed by atoms with Crippen molar-refractivity contribution < 1.29 is 29.0 Å². The highest BCUT2D eigenvalue weighted by molar-refractivity contribution is 6.00. The van der Waals surface area contributed by atoms with E-state index >= 15 is 0 Å². The first-order valence-corrected chi connectivity index (χ1v) is 12.6. The number of anilines is 2. The summed E-state index contributed by atoms with van der Waals surface area (Å²) in [5.74, 6) is -0.144. The van der Waals surface area contributed by atoms with E-state index in [1.165, 1.54) is 7.11 Å². The number of carboxylic acids is 1. The number of nitrogens with zero attached hydrogens (tertiary/aromatic N) is 3. The Balaban J connectivity index is 1.58. The number of aromatic nitrogens is 1. The Morgan fingerprint density at radius 1 is 1.16 bits per heavy atom. The van der Waals surface area contributed by atoms with Gasteiger partial charge < -0.3 is 25.0 Å². The van der Waals surface area contributed by atoms with Gasteiger partial charge in [0.05, 0.1) is 19.6 Å². The van der Waals surface area contributed by atoms with Crippen molar-refractivity contribution in [1.82, 2.24) is 14.8 Å². The molecule has 1 aromatic carbocycles. The SMILES string of the molecule is COc1cccnc1NC(=O)Nc1ccc(CC(=O)N2CC(=O)N(CCCC(=O)O)CC2CC(C)C)cc1. The van der Waals surface area contributed by atoms with E-state index in [-0.39, 0.29) is 37.2 Å². The first kappa shape index (κ1) is 28.4. The highest BCUT2D eigenvalue weighted by Crippen LogP contribution is 2.22. The van der Waals surface area contributed by atoms with Gasteiger partial charge in [0.2, 0.25) is 11.8 Å². The molecular weight excluding hydrogens is 490 g/mol. The Bertz CT molecular complexity index is 1140.